The van der Waals surface area contributed by atoms with Crippen molar-refractivity contribution in [1.29, 1.82) is 0 Å². The summed E-state index contributed by atoms with van der Waals surface area (Å²) in [5.41, 5.74) is 2.16. The van der Waals surface area contributed by atoms with Gasteiger partial charge in [0.1, 0.15) is 12.4 Å². The first kappa shape index (κ1) is 20.2. The Hall–Kier alpha value is -4.08. The number of hydrogen-bond donors (Lipinski definition) is 2. The third-order valence-corrected chi connectivity index (χ3v) is 4.84. The number of fused-ring (bicyclic) bond motifs is 1. The van der Waals surface area contributed by atoms with Crippen molar-refractivity contribution in [2.75, 3.05) is 0 Å². The lowest BCUT2D eigenvalue weighted by molar-refractivity contribution is -0.137. The van der Waals surface area contributed by atoms with E-state index in [-0.39, 0.29) is 18.3 Å². The first-order valence-corrected chi connectivity index (χ1v) is 9.60. The van der Waals surface area contributed by atoms with Gasteiger partial charge in [-0.3, -0.25) is 19.3 Å². The number of carboxylic acids is 1. The van der Waals surface area contributed by atoms with Crippen LogP contribution in [0, 0.1) is 5.82 Å². The Morgan fingerprint density at radius 3 is 2.65 bits per heavy atom. The lowest BCUT2D eigenvalue weighted by Crippen LogP contribution is -2.29. The molecule has 0 aliphatic heterocycles. The van der Waals surface area contributed by atoms with Gasteiger partial charge in [0.25, 0.3) is 5.91 Å². The first-order valence-electron chi connectivity index (χ1n) is 9.60. The monoisotopic (exact) mass is 422 g/mol. The molecule has 0 aliphatic carbocycles. The molecule has 158 valence electrons. The summed E-state index contributed by atoms with van der Waals surface area (Å²) < 4.78 is 16.1. The highest BCUT2D eigenvalue weighted by Crippen LogP contribution is 2.22. The summed E-state index contributed by atoms with van der Waals surface area (Å²) >= 11 is 0. The van der Waals surface area contributed by atoms with Crippen LogP contribution in [0.4, 0.5) is 4.39 Å². The summed E-state index contributed by atoms with van der Waals surface area (Å²) in [5.74, 6) is -1.70. The van der Waals surface area contributed by atoms with Crippen LogP contribution in [0.2, 0.25) is 0 Å². The fourth-order valence-corrected chi connectivity index (χ4v) is 3.32. The number of nitrogens with zero attached hydrogens (tertiary/aromatic N) is 5. The van der Waals surface area contributed by atoms with E-state index in [4.69, 9.17) is 5.11 Å². The van der Waals surface area contributed by atoms with Crippen molar-refractivity contribution in [3.63, 3.8) is 0 Å². The van der Waals surface area contributed by atoms with Gasteiger partial charge in [0.05, 0.1) is 40.9 Å². The van der Waals surface area contributed by atoms with Crippen molar-refractivity contribution in [1.82, 2.24) is 29.9 Å². The second-order valence-corrected chi connectivity index (χ2v) is 6.92. The molecule has 3 heterocycles. The first-order chi connectivity index (χ1) is 15.0. The molecule has 2 N–H and O–H groups in total. The number of aliphatic carboxylic acids is 1. The lowest BCUT2D eigenvalue weighted by atomic mass is 10.1. The summed E-state index contributed by atoms with van der Waals surface area (Å²) in [5, 5.41) is 21.0. The Bertz CT molecular complexity index is 1250. The van der Waals surface area contributed by atoms with E-state index in [0.717, 1.165) is 0 Å². The van der Waals surface area contributed by atoms with Gasteiger partial charge in [-0.1, -0.05) is 6.92 Å². The lowest BCUT2D eigenvalue weighted by Gasteiger charge is -2.15. The number of carbonyl (C=O) groups is 2. The van der Waals surface area contributed by atoms with Crippen molar-refractivity contribution >= 4 is 22.8 Å². The predicted octanol–water partition coefficient (Wildman–Crippen LogP) is 2.72. The topological polar surface area (TPSA) is 115 Å². The van der Waals surface area contributed by atoms with Gasteiger partial charge in [-0.2, -0.15) is 10.2 Å². The van der Waals surface area contributed by atoms with Crippen LogP contribution in [0.15, 0.2) is 55.1 Å². The number of nitrogens with one attached hydrogen (secondary N) is 1. The number of halogens is 1. The second-order valence-electron chi connectivity index (χ2n) is 6.92. The fourth-order valence-electron chi connectivity index (χ4n) is 3.32. The molecule has 9 nitrogen and oxygen atoms in total. The molecule has 4 rings (SSSR count). The molecule has 1 amide bonds. The van der Waals surface area contributed by atoms with Crippen molar-refractivity contribution in [2.45, 2.75) is 25.9 Å². The van der Waals surface area contributed by atoms with E-state index in [1.54, 1.807) is 41.5 Å². The maximum Gasteiger partial charge on any atom is 0.325 e. The van der Waals surface area contributed by atoms with E-state index >= 15 is 0 Å². The summed E-state index contributed by atoms with van der Waals surface area (Å²) in [6.45, 7) is 1.64. The average molecular weight is 422 g/mol. The smallest absolute Gasteiger partial charge is 0.325 e. The molecule has 1 atom stereocenters. The van der Waals surface area contributed by atoms with Crippen LogP contribution < -0.4 is 5.32 Å². The highest BCUT2D eigenvalue weighted by molar-refractivity contribution is 6.06. The summed E-state index contributed by atoms with van der Waals surface area (Å²) in [6.07, 6.45) is 6.75. The van der Waals surface area contributed by atoms with Gasteiger partial charge < -0.3 is 10.4 Å². The van der Waals surface area contributed by atoms with E-state index in [0.29, 0.717) is 34.3 Å². The Kier molecular flexibility index (Phi) is 5.44. The molecule has 10 heteroatoms. The minimum absolute atomic E-state index is 0.254. The van der Waals surface area contributed by atoms with Gasteiger partial charge in [-0.15, -0.1) is 0 Å². The third kappa shape index (κ3) is 4.13. The van der Waals surface area contributed by atoms with E-state index in [1.165, 1.54) is 23.0 Å². The maximum absolute atomic E-state index is 13.2. The molecule has 4 aromatic rings. The highest BCUT2D eigenvalue weighted by Gasteiger charge is 2.20. The number of aromatic nitrogens is 5. The molecular weight excluding hydrogens is 403 g/mol. The molecule has 0 unspecified atom stereocenters. The summed E-state index contributed by atoms with van der Waals surface area (Å²) in [6, 6.07) is 7.14. The van der Waals surface area contributed by atoms with Gasteiger partial charge in [0, 0.05) is 17.8 Å². The van der Waals surface area contributed by atoms with E-state index < -0.39 is 12.0 Å². The van der Waals surface area contributed by atoms with Gasteiger partial charge in [-0.25, -0.2) is 9.07 Å². The summed E-state index contributed by atoms with van der Waals surface area (Å²) in [4.78, 5) is 28.0. The quantitative estimate of drug-likeness (QED) is 0.473. The normalized spacial score (nSPS) is 12.1. The van der Waals surface area contributed by atoms with Crippen molar-refractivity contribution in [2.24, 2.45) is 0 Å². The van der Waals surface area contributed by atoms with E-state index in [9.17, 15) is 14.0 Å². The second kappa shape index (κ2) is 8.34. The van der Waals surface area contributed by atoms with Crippen molar-refractivity contribution < 1.29 is 19.1 Å². The minimum atomic E-state index is -0.998. The number of pyridine rings is 1. The molecule has 0 spiro atoms. The number of carbonyl (C=O) groups excluding carboxylic acids is 1. The number of rotatable bonds is 7. The zero-order valence-corrected chi connectivity index (χ0v) is 16.6. The zero-order chi connectivity index (χ0) is 22.0. The van der Waals surface area contributed by atoms with Gasteiger partial charge in [-0.05, 0) is 36.8 Å². The standard InChI is InChI=1S/C21H19FN6O3/c1-2-17(18-7-8-27(26-18)12-20(29)30)25-21(31)16-9-23-11-19-15(16)10-24-28(19)14-5-3-13(22)4-6-14/h3-11,17H,2,12H2,1H3,(H,25,31)(H,29,30)/t17-/m0/s1. The zero-order valence-electron chi connectivity index (χ0n) is 16.6. The van der Waals surface area contributed by atoms with Crippen LogP contribution in [-0.4, -0.2) is 41.5 Å². The number of hydrogen-bond acceptors (Lipinski definition) is 5. The number of amides is 1. The third-order valence-electron chi connectivity index (χ3n) is 4.84. The van der Waals surface area contributed by atoms with Crippen LogP contribution in [0.3, 0.4) is 0 Å². The van der Waals surface area contributed by atoms with Crippen LogP contribution in [0.1, 0.15) is 35.4 Å². The highest BCUT2D eigenvalue weighted by atomic mass is 19.1. The van der Waals surface area contributed by atoms with Crippen LogP contribution in [-0.2, 0) is 11.3 Å². The molecule has 0 fully saturated rings. The predicted molar refractivity (Wildman–Crippen MR) is 109 cm³/mol. The van der Waals surface area contributed by atoms with Crippen LogP contribution >= 0.6 is 0 Å². The van der Waals surface area contributed by atoms with Gasteiger partial charge >= 0.3 is 5.97 Å². The van der Waals surface area contributed by atoms with Gasteiger partial charge in [0.15, 0.2) is 0 Å². The SMILES string of the molecule is CC[C@H](NC(=O)c1cncc2c1cnn2-c1ccc(F)cc1)c1ccn(CC(=O)O)n1. The summed E-state index contributed by atoms with van der Waals surface area (Å²) in [7, 11) is 0. The number of benzene rings is 1. The molecule has 0 aliphatic rings. The fraction of sp³-hybridized carbons (Fsp3) is 0.190. The largest absolute Gasteiger partial charge is 0.480 e. The molecule has 1 aromatic carbocycles. The maximum atomic E-state index is 13.2. The number of carboxylic acid groups (broad SMARTS) is 1. The molecule has 3 aromatic heterocycles. The Labute approximate surface area is 176 Å². The molecule has 0 saturated heterocycles. The van der Waals surface area contributed by atoms with Crippen molar-refractivity contribution in [3.8, 4) is 5.69 Å². The Morgan fingerprint density at radius 1 is 1.16 bits per heavy atom. The molecular formula is C21H19FN6O3. The van der Waals surface area contributed by atoms with Crippen molar-refractivity contribution in [3.05, 3.63) is 72.2 Å². The molecule has 0 bridgehead atoms. The van der Waals surface area contributed by atoms with Crippen LogP contribution in [0.25, 0.3) is 16.6 Å². The Balaban J connectivity index is 1.60. The molecule has 31 heavy (non-hydrogen) atoms. The van der Waals surface area contributed by atoms with Crippen LogP contribution in [0.5, 0.6) is 0 Å². The van der Waals surface area contributed by atoms with Gasteiger partial charge in [0.2, 0.25) is 0 Å². The molecule has 0 radical (unpaired) electrons. The average Bonchev–Trinajstić information content (AvgIpc) is 3.39. The van der Waals surface area contributed by atoms with E-state index in [1.807, 2.05) is 6.92 Å². The minimum Gasteiger partial charge on any atom is -0.480 e. The Morgan fingerprint density at radius 2 is 1.94 bits per heavy atom. The van der Waals surface area contributed by atoms with E-state index in [2.05, 4.69) is 20.5 Å². The molecule has 0 saturated carbocycles.